The molecule has 0 heterocycles. The molecular formula is C25H26N4. The van der Waals surface area contributed by atoms with Crippen molar-refractivity contribution < 1.29 is 0 Å². The number of aliphatic imine (C=N–C) groups is 1. The third-order valence-electron chi connectivity index (χ3n) is 5.61. The van der Waals surface area contributed by atoms with Gasteiger partial charge in [-0.1, -0.05) is 54.6 Å². The number of hydrogen-bond acceptors (Lipinski definition) is 2. The molecule has 0 radical (unpaired) electrons. The summed E-state index contributed by atoms with van der Waals surface area (Å²) in [6, 6.07) is 24.0. The molecule has 4 rings (SSSR count). The molecule has 1 aliphatic rings. The third-order valence-corrected chi connectivity index (χ3v) is 5.61. The van der Waals surface area contributed by atoms with Gasteiger partial charge in [-0.2, -0.15) is 0 Å². The summed E-state index contributed by atoms with van der Waals surface area (Å²) in [5.74, 6) is 0.366. The number of rotatable bonds is 6. The number of hydrogen-bond donors (Lipinski definition) is 3. The highest BCUT2D eigenvalue weighted by Crippen LogP contribution is 2.26. The van der Waals surface area contributed by atoms with E-state index in [1.165, 1.54) is 27.8 Å². The van der Waals surface area contributed by atoms with Gasteiger partial charge in [-0.25, -0.2) is 4.99 Å². The van der Waals surface area contributed by atoms with Crippen molar-refractivity contribution in [3.63, 3.8) is 0 Å². The van der Waals surface area contributed by atoms with E-state index in [0.717, 1.165) is 36.9 Å². The molecule has 3 aromatic carbocycles. The minimum atomic E-state index is 0.366. The Kier molecular flexibility index (Phi) is 5.54. The monoisotopic (exact) mass is 382 g/mol. The lowest BCUT2D eigenvalue weighted by Gasteiger charge is -2.14. The zero-order chi connectivity index (χ0) is 20.2. The van der Waals surface area contributed by atoms with Gasteiger partial charge >= 0.3 is 0 Å². The lowest BCUT2D eigenvalue weighted by molar-refractivity contribution is 0.533. The van der Waals surface area contributed by atoms with Gasteiger partial charge in [0, 0.05) is 18.2 Å². The van der Waals surface area contributed by atoms with Crippen LogP contribution in [-0.2, 0) is 19.4 Å². The largest absolute Gasteiger partial charge is 0.383 e. The number of nitrogens with one attached hydrogen (secondary N) is 2. The second-order valence-electron chi connectivity index (χ2n) is 7.63. The Morgan fingerprint density at radius 3 is 2.52 bits per heavy atom. The Morgan fingerprint density at radius 1 is 1.07 bits per heavy atom. The summed E-state index contributed by atoms with van der Waals surface area (Å²) in [7, 11) is 0. The van der Waals surface area contributed by atoms with Gasteiger partial charge in [0.05, 0.1) is 0 Å². The molecule has 1 aliphatic carbocycles. The minimum absolute atomic E-state index is 0.366. The van der Waals surface area contributed by atoms with Gasteiger partial charge in [-0.05, 0) is 65.3 Å². The second kappa shape index (κ2) is 8.41. The Hall–Kier alpha value is -3.24. The normalized spacial score (nSPS) is 14.0. The molecule has 0 saturated carbocycles. The molecule has 4 nitrogen and oxygen atoms in total. The smallest absolute Gasteiger partial charge is 0.132 e. The molecule has 0 saturated heterocycles. The molecular weight excluding hydrogens is 356 g/mol. The second-order valence-corrected chi connectivity index (χ2v) is 7.63. The van der Waals surface area contributed by atoms with Crippen LogP contribution in [0.25, 0.3) is 11.1 Å². The van der Waals surface area contributed by atoms with E-state index in [0.29, 0.717) is 11.9 Å². The summed E-state index contributed by atoms with van der Waals surface area (Å²) in [4.78, 5) is 3.86. The van der Waals surface area contributed by atoms with Crippen molar-refractivity contribution in [2.75, 3.05) is 0 Å². The van der Waals surface area contributed by atoms with Crippen molar-refractivity contribution in [3.8, 4) is 11.1 Å². The van der Waals surface area contributed by atoms with E-state index >= 15 is 0 Å². The molecule has 0 aromatic heterocycles. The number of nitrogens with two attached hydrogens (primary N) is 1. The predicted octanol–water partition coefficient (Wildman–Crippen LogP) is 4.23. The fourth-order valence-electron chi connectivity index (χ4n) is 4.11. The van der Waals surface area contributed by atoms with Crippen molar-refractivity contribution in [1.82, 2.24) is 5.32 Å². The van der Waals surface area contributed by atoms with E-state index in [1.54, 1.807) is 0 Å². The summed E-state index contributed by atoms with van der Waals surface area (Å²) >= 11 is 0. The van der Waals surface area contributed by atoms with Gasteiger partial charge < -0.3 is 11.1 Å². The number of amidine groups is 1. The Balaban J connectivity index is 1.47. The van der Waals surface area contributed by atoms with Crippen molar-refractivity contribution in [2.45, 2.75) is 32.4 Å². The molecule has 0 amide bonds. The molecule has 0 bridgehead atoms. The van der Waals surface area contributed by atoms with Gasteiger partial charge in [-0.3, -0.25) is 5.41 Å². The maximum absolute atomic E-state index is 7.08. The van der Waals surface area contributed by atoms with Gasteiger partial charge in [0.25, 0.3) is 0 Å². The topological polar surface area (TPSA) is 74.3 Å². The van der Waals surface area contributed by atoms with Crippen LogP contribution in [-0.4, -0.2) is 18.2 Å². The summed E-state index contributed by atoms with van der Waals surface area (Å²) in [5.41, 5.74) is 14.5. The molecule has 4 N–H and O–H groups in total. The average Bonchev–Trinajstić information content (AvgIpc) is 3.15. The van der Waals surface area contributed by atoms with Gasteiger partial charge in [0.2, 0.25) is 0 Å². The van der Waals surface area contributed by atoms with Crippen LogP contribution in [0.15, 0.2) is 71.7 Å². The number of aryl methyl sites for hydroxylation is 1. The van der Waals surface area contributed by atoms with Crippen LogP contribution >= 0.6 is 0 Å². The van der Waals surface area contributed by atoms with E-state index < -0.39 is 0 Å². The van der Waals surface area contributed by atoms with Crippen LogP contribution in [0.1, 0.15) is 27.8 Å². The first kappa shape index (κ1) is 19.1. The molecule has 0 atom stereocenters. The van der Waals surface area contributed by atoms with Crippen molar-refractivity contribution >= 4 is 12.2 Å². The fourth-order valence-corrected chi connectivity index (χ4v) is 4.11. The maximum atomic E-state index is 7.08. The predicted molar refractivity (Wildman–Crippen MR) is 121 cm³/mol. The van der Waals surface area contributed by atoms with E-state index in [4.69, 9.17) is 11.1 Å². The summed E-state index contributed by atoms with van der Waals surface area (Å²) in [5, 5.41) is 10.8. The van der Waals surface area contributed by atoms with Crippen LogP contribution in [0.3, 0.4) is 0 Å². The van der Waals surface area contributed by atoms with Crippen molar-refractivity contribution in [3.05, 3.63) is 94.5 Å². The lowest BCUT2D eigenvalue weighted by Crippen LogP contribution is -2.28. The van der Waals surface area contributed by atoms with E-state index in [2.05, 4.69) is 71.8 Å². The minimum Gasteiger partial charge on any atom is -0.383 e. The van der Waals surface area contributed by atoms with E-state index in [-0.39, 0.29) is 0 Å². The quantitative estimate of drug-likeness (QED) is 0.441. The van der Waals surface area contributed by atoms with Gasteiger partial charge in [-0.15, -0.1) is 0 Å². The molecule has 29 heavy (non-hydrogen) atoms. The molecule has 146 valence electrons. The Labute approximate surface area is 172 Å². The standard InChI is InChI=1S/C25H26N4/c1-17-11-22(25(27)29-16-26)9-10-24(17)21-8-4-5-18(12-21)15-28-23-13-19-6-2-3-7-20(19)14-23/h2-12,16,23,28H,13-15H2,1H3,(H3,26,27,29). The van der Waals surface area contributed by atoms with Gasteiger partial charge in [0.1, 0.15) is 12.2 Å². The fraction of sp³-hybridized carbons (Fsp3) is 0.200. The highest BCUT2D eigenvalue weighted by Gasteiger charge is 2.20. The Bertz CT molecular complexity index is 1040. The van der Waals surface area contributed by atoms with Crippen LogP contribution in [0.5, 0.6) is 0 Å². The molecule has 0 fully saturated rings. The van der Waals surface area contributed by atoms with E-state index in [9.17, 15) is 0 Å². The van der Waals surface area contributed by atoms with Crippen LogP contribution in [0, 0.1) is 12.3 Å². The SMILES string of the molecule is Cc1cc(C(N)=NC=N)ccc1-c1cccc(CNC2Cc3ccccc3C2)c1. The highest BCUT2D eigenvalue weighted by atomic mass is 14.9. The highest BCUT2D eigenvalue weighted by molar-refractivity contribution is 6.01. The van der Waals surface area contributed by atoms with Crippen molar-refractivity contribution in [1.29, 1.82) is 5.41 Å². The van der Waals surface area contributed by atoms with Gasteiger partial charge in [0.15, 0.2) is 0 Å². The van der Waals surface area contributed by atoms with Crippen LogP contribution < -0.4 is 11.1 Å². The lowest BCUT2D eigenvalue weighted by atomic mass is 9.96. The zero-order valence-corrected chi connectivity index (χ0v) is 16.7. The summed E-state index contributed by atoms with van der Waals surface area (Å²) in [6.45, 7) is 2.94. The molecule has 3 aromatic rings. The van der Waals surface area contributed by atoms with Crippen molar-refractivity contribution in [2.24, 2.45) is 10.7 Å². The number of nitrogens with zero attached hydrogens (tertiary/aromatic N) is 1. The third kappa shape index (κ3) is 4.28. The first-order valence-corrected chi connectivity index (χ1v) is 9.97. The first-order valence-electron chi connectivity index (χ1n) is 9.97. The molecule has 0 unspecified atom stereocenters. The number of benzene rings is 3. The average molecular weight is 383 g/mol. The van der Waals surface area contributed by atoms with Crippen LogP contribution in [0.2, 0.25) is 0 Å². The number of fused-ring (bicyclic) bond motifs is 1. The summed E-state index contributed by atoms with van der Waals surface area (Å²) in [6.07, 6.45) is 3.18. The zero-order valence-electron chi connectivity index (χ0n) is 16.7. The first-order chi connectivity index (χ1) is 14.1. The molecule has 0 spiro atoms. The van der Waals surface area contributed by atoms with E-state index in [1.807, 2.05) is 12.1 Å². The molecule has 0 aliphatic heterocycles. The molecule has 4 heteroatoms. The maximum Gasteiger partial charge on any atom is 0.132 e. The van der Waals surface area contributed by atoms with Crippen LogP contribution in [0.4, 0.5) is 0 Å². The summed E-state index contributed by atoms with van der Waals surface area (Å²) < 4.78 is 0. The Morgan fingerprint density at radius 2 is 1.83 bits per heavy atom.